The summed E-state index contributed by atoms with van der Waals surface area (Å²) < 4.78 is 5.09. The molecule has 0 saturated heterocycles. The first kappa shape index (κ1) is 11.0. The number of nitrogens with two attached hydrogens (primary N) is 1. The van der Waals surface area contributed by atoms with Crippen molar-refractivity contribution in [1.29, 1.82) is 5.41 Å². The number of rotatable bonds is 4. The van der Waals surface area contributed by atoms with Crippen LogP contribution in [-0.2, 0) is 4.74 Å². The zero-order valence-electron chi connectivity index (χ0n) is 7.85. The van der Waals surface area contributed by atoms with E-state index in [0.29, 0.717) is 18.2 Å². The number of hydrogen-bond acceptors (Lipinski definition) is 4. The second-order valence-electron chi connectivity index (χ2n) is 3.04. The summed E-state index contributed by atoms with van der Waals surface area (Å²) in [4.78, 5) is 0. The molecule has 0 radical (unpaired) electrons. The van der Waals surface area contributed by atoms with Crippen molar-refractivity contribution in [3.8, 4) is 0 Å². The fraction of sp³-hybridized carbons (Fsp3) is 0.625. The minimum atomic E-state index is 0.138. The van der Waals surface area contributed by atoms with Gasteiger partial charge in [0.15, 0.2) is 0 Å². The third-order valence-electron chi connectivity index (χ3n) is 1.15. The summed E-state index contributed by atoms with van der Waals surface area (Å²) in [6.45, 7) is 6.40. The zero-order valence-corrected chi connectivity index (χ0v) is 7.85. The van der Waals surface area contributed by atoms with Gasteiger partial charge in [0.25, 0.3) is 0 Å². The van der Waals surface area contributed by atoms with Crippen molar-refractivity contribution in [2.45, 2.75) is 20.8 Å². The number of ether oxygens (including phenoxy) is 1. The van der Waals surface area contributed by atoms with Crippen LogP contribution in [0, 0.1) is 11.3 Å². The SMILES string of the molecule is C/C(=C/C(=N)OCC(C)C)NN. The van der Waals surface area contributed by atoms with E-state index in [9.17, 15) is 0 Å². The van der Waals surface area contributed by atoms with Gasteiger partial charge >= 0.3 is 0 Å². The van der Waals surface area contributed by atoms with Gasteiger partial charge in [0.2, 0.25) is 5.90 Å². The summed E-state index contributed by atoms with van der Waals surface area (Å²) in [5.74, 6) is 5.68. The van der Waals surface area contributed by atoms with Gasteiger partial charge in [-0.15, -0.1) is 0 Å². The van der Waals surface area contributed by atoms with Gasteiger partial charge in [-0.3, -0.25) is 11.3 Å². The molecule has 0 amide bonds. The molecule has 0 aliphatic heterocycles. The molecule has 0 spiro atoms. The topological polar surface area (TPSA) is 71.1 Å². The lowest BCUT2D eigenvalue weighted by molar-refractivity contribution is 0.258. The minimum Gasteiger partial charge on any atom is -0.478 e. The molecule has 0 bridgehead atoms. The highest BCUT2D eigenvalue weighted by molar-refractivity contribution is 5.85. The van der Waals surface area contributed by atoms with Crippen LogP contribution in [0.2, 0.25) is 0 Å². The molecule has 0 fully saturated rings. The van der Waals surface area contributed by atoms with Crippen LogP contribution in [0.1, 0.15) is 20.8 Å². The average molecular weight is 171 g/mol. The highest BCUT2D eigenvalue weighted by Crippen LogP contribution is 1.94. The molecule has 4 N–H and O–H groups in total. The number of nitrogens with one attached hydrogen (secondary N) is 2. The Balaban J connectivity index is 3.74. The van der Waals surface area contributed by atoms with E-state index in [-0.39, 0.29) is 5.90 Å². The Morgan fingerprint density at radius 3 is 2.67 bits per heavy atom. The van der Waals surface area contributed by atoms with Crippen LogP contribution >= 0.6 is 0 Å². The molecule has 0 aromatic heterocycles. The predicted octanol–water partition coefficient (Wildman–Crippen LogP) is 1.00. The van der Waals surface area contributed by atoms with Crippen LogP contribution in [0.15, 0.2) is 11.8 Å². The molecule has 12 heavy (non-hydrogen) atoms. The molecule has 0 atom stereocenters. The summed E-state index contributed by atoms with van der Waals surface area (Å²) in [5, 5.41) is 7.32. The average Bonchev–Trinajstić information content (AvgIpc) is 2.00. The Morgan fingerprint density at radius 1 is 1.67 bits per heavy atom. The summed E-state index contributed by atoms with van der Waals surface area (Å²) >= 11 is 0. The molecule has 0 aromatic carbocycles. The highest BCUT2D eigenvalue weighted by Gasteiger charge is 1.97. The summed E-state index contributed by atoms with van der Waals surface area (Å²) in [6.07, 6.45) is 1.54. The van der Waals surface area contributed by atoms with E-state index < -0.39 is 0 Å². The maximum Gasteiger partial charge on any atom is 0.207 e. The van der Waals surface area contributed by atoms with Gasteiger partial charge in [-0.05, 0) is 12.8 Å². The molecule has 0 aromatic rings. The van der Waals surface area contributed by atoms with Crippen molar-refractivity contribution in [2.75, 3.05) is 6.61 Å². The monoisotopic (exact) mass is 171 g/mol. The lowest BCUT2D eigenvalue weighted by Crippen LogP contribution is -2.20. The van der Waals surface area contributed by atoms with E-state index in [2.05, 4.69) is 5.43 Å². The Kier molecular flexibility index (Phi) is 5.12. The van der Waals surface area contributed by atoms with Crippen LogP contribution in [0.4, 0.5) is 0 Å². The van der Waals surface area contributed by atoms with Crippen LogP contribution in [0.3, 0.4) is 0 Å². The zero-order chi connectivity index (χ0) is 9.56. The Hall–Kier alpha value is -1.03. The van der Waals surface area contributed by atoms with Crippen LogP contribution in [0.5, 0.6) is 0 Å². The second-order valence-corrected chi connectivity index (χ2v) is 3.04. The van der Waals surface area contributed by atoms with Gasteiger partial charge in [0.05, 0.1) is 6.61 Å². The molecule has 0 rings (SSSR count). The van der Waals surface area contributed by atoms with Crippen LogP contribution in [-0.4, -0.2) is 12.5 Å². The second kappa shape index (κ2) is 5.60. The third kappa shape index (κ3) is 5.73. The largest absolute Gasteiger partial charge is 0.478 e. The van der Waals surface area contributed by atoms with Gasteiger partial charge in [0, 0.05) is 11.8 Å². The fourth-order valence-electron chi connectivity index (χ4n) is 0.536. The summed E-state index contributed by atoms with van der Waals surface area (Å²) in [7, 11) is 0. The number of hydrogen-bond donors (Lipinski definition) is 3. The first-order chi connectivity index (χ1) is 5.56. The number of hydrazine groups is 1. The fourth-order valence-corrected chi connectivity index (χ4v) is 0.536. The summed E-state index contributed by atoms with van der Waals surface area (Å²) in [5.41, 5.74) is 3.14. The van der Waals surface area contributed by atoms with E-state index in [1.165, 1.54) is 0 Å². The Bertz CT molecular complexity index is 175. The van der Waals surface area contributed by atoms with Gasteiger partial charge in [-0.2, -0.15) is 0 Å². The molecule has 0 unspecified atom stereocenters. The smallest absolute Gasteiger partial charge is 0.207 e. The highest BCUT2D eigenvalue weighted by atomic mass is 16.5. The molecule has 4 nitrogen and oxygen atoms in total. The molecular weight excluding hydrogens is 154 g/mol. The van der Waals surface area contributed by atoms with Crippen molar-refractivity contribution >= 4 is 5.90 Å². The molecule has 0 aliphatic rings. The van der Waals surface area contributed by atoms with Gasteiger partial charge in [-0.1, -0.05) is 13.8 Å². The Morgan fingerprint density at radius 2 is 2.25 bits per heavy atom. The van der Waals surface area contributed by atoms with Crippen molar-refractivity contribution in [2.24, 2.45) is 11.8 Å². The lowest BCUT2D eigenvalue weighted by atomic mass is 10.2. The molecular formula is C8H17N3O. The minimum absolute atomic E-state index is 0.138. The molecule has 70 valence electrons. The summed E-state index contributed by atoms with van der Waals surface area (Å²) in [6, 6.07) is 0. The van der Waals surface area contributed by atoms with Gasteiger partial charge < -0.3 is 10.2 Å². The van der Waals surface area contributed by atoms with E-state index in [0.717, 1.165) is 0 Å². The van der Waals surface area contributed by atoms with Gasteiger partial charge in [-0.25, -0.2) is 0 Å². The third-order valence-corrected chi connectivity index (χ3v) is 1.15. The van der Waals surface area contributed by atoms with E-state index in [4.69, 9.17) is 16.0 Å². The van der Waals surface area contributed by atoms with Crippen LogP contribution < -0.4 is 11.3 Å². The first-order valence-corrected chi connectivity index (χ1v) is 3.92. The van der Waals surface area contributed by atoms with Crippen LogP contribution in [0.25, 0.3) is 0 Å². The van der Waals surface area contributed by atoms with E-state index in [1.54, 1.807) is 13.0 Å². The van der Waals surface area contributed by atoms with E-state index in [1.807, 2.05) is 13.8 Å². The van der Waals surface area contributed by atoms with Crippen molar-refractivity contribution < 1.29 is 4.74 Å². The van der Waals surface area contributed by atoms with E-state index >= 15 is 0 Å². The lowest BCUT2D eigenvalue weighted by Gasteiger charge is -2.07. The van der Waals surface area contributed by atoms with Gasteiger partial charge in [0.1, 0.15) is 0 Å². The number of allylic oxidation sites excluding steroid dienone is 1. The molecule has 0 heterocycles. The Labute approximate surface area is 73.3 Å². The van der Waals surface area contributed by atoms with Crippen molar-refractivity contribution in [3.63, 3.8) is 0 Å². The van der Waals surface area contributed by atoms with Crippen molar-refractivity contribution in [1.82, 2.24) is 5.43 Å². The normalized spacial score (nSPS) is 11.6. The predicted molar refractivity (Wildman–Crippen MR) is 49.6 cm³/mol. The first-order valence-electron chi connectivity index (χ1n) is 3.92. The quantitative estimate of drug-likeness (QED) is 0.256. The molecule has 0 aliphatic carbocycles. The standard InChI is InChI=1S/C8H17N3O/c1-6(2)5-12-8(9)4-7(3)11-10/h4,6,9,11H,5,10H2,1-3H3/b7-4-,9-8?. The van der Waals surface area contributed by atoms with Crippen molar-refractivity contribution in [3.05, 3.63) is 11.8 Å². The maximum absolute atomic E-state index is 7.32. The maximum atomic E-state index is 7.32. The molecule has 0 saturated carbocycles. The molecule has 4 heteroatoms.